The van der Waals surface area contributed by atoms with Crippen molar-refractivity contribution in [1.29, 1.82) is 0 Å². The van der Waals surface area contributed by atoms with Gasteiger partial charge in [0.25, 0.3) is 0 Å². The largest absolute Gasteiger partial charge is 0.497 e. The average molecular weight is 348 g/mol. The quantitative estimate of drug-likeness (QED) is 0.605. The zero-order valence-corrected chi connectivity index (χ0v) is 12.1. The molecule has 0 aliphatic carbocycles. The Hall–Kier alpha value is -0.330. The van der Waals surface area contributed by atoms with E-state index < -0.39 is 0 Å². The highest BCUT2D eigenvalue weighted by atomic mass is 127. The van der Waals surface area contributed by atoms with Gasteiger partial charge in [0.05, 0.1) is 25.9 Å². The summed E-state index contributed by atoms with van der Waals surface area (Å²) in [6, 6.07) is 8.09. The number of hydrogen-bond acceptors (Lipinski definition) is 3. The van der Waals surface area contributed by atoms with E-state index in [0.29, 0.717) is 0 Å². The van der Waals surface area contributed by atoms with Crippen LogP contribution in [0, 0.1) is 0 Å². The number of hydrogen-bond donors (Lipinski definition) is 0. The van der Waals surface area contributed by atoms with Crippen molar-refractivity contribution in [2.24, 2.45) is 0 Å². The molecule has 2 unspecified atom stereocenters. The van der Waals surface area contributed by atoms with Gasteiger partial charge in [-0.3, -0.25) is 0 Å². The molecule has 0 aromatic heterocycles. The Labute approximate surface area is 116 Å². The molecule has 2 rings (SSSR count). The lowest BCUT2D eigenvalue weighted by molar-refractivity contribution is -0.00385. The second kappa shape index (κ2) is 6.56. The molecule has 0 bridgehead atoms. The SMILES string of the molecule is COc1ccc(C(CI)OC2CCOC2)cc1. The van der Waals surface area contributed by atoms with Gasteiger partial charge in [-0.25, -0.2) is 0 Å². The Morgan fingerprint density at radius 3 is 2.71 bits per heavy atom. The maximum Gasteiger partial charge on any atom is 0.118 e. The number of methoxy groups -OCH3 is 1. The van der Waals surface area contributed by atoms with Gasteiger partial charge in [0, 0.05) is 11.0 Å². The maximum atomic E-state index is 6.05. The Balaban J connectivity index is 2.00. The highest BCUT2D eigenvalue weighted by molar-refractivity contribution is 14.1. The van der Waals surface area contributed by atoms with Gasteiger partial charge in [-0.15, -0.1) is 0 Å². The van der Waals surface area contributed by atoms with Crippen LogP contribution in [0.4, 0.5) is 0 Å². The van der Waals surface area contributed by atoms with E-state index in [1.807, 2.05) is 12.1 Å². The normalized spacial score (nSPS) is 21.4. The maximum absolute atomic E-state index is 6.05. The lowest BCUT2D eigenvalue weighted by Crippen LogP contribution is -2.17. The molecule has 1 fully saturated rings. The molecule has 1 saturated heterocycles. The number of rotatable bonds is 5. The van der Waals surface area contributed by atoms with Crippen molar-refractivity contribution in [1.82, 2.24) is 0 Å². The first kappa shape index (κ1) is 13.1. The van der Waals surface area contributed by atoms with Gasteiger partial charge < -0.3 is 14.2 Å². The molecule has 94 valence electrons. The lowest BCUT2D eigenvalue weighted by atomic mass is 10.1. The van der Waals surface area contributed by atoms with E-state index in [1.54, 1.807) is 7.11 Å². The van der Waals surface area contributed by atoms with Gasteiger partial charge in [0.2, 0.25) is 0 Å². The Morgan fingerprint density at radius 2 is 2.18 bits per heavy atom. The van der Waals surface area contributed by atoms with E-state index >= 15 is 0 Å². The van der Waals surface area contributed by atoms with Crippen molar-refractivity contribution < 1.29 is 14.2 Å². The molecule has 1 heterocycles. The molecule has 1 aromatic carbocycles. The number of ether oxygens (including phenoxy) is 3. The standard InChI is InChI=1S/C13H17IO3/c1-15-11-4-2-10(3-5-11)13(8-14)17-12-6-7-16-9-12/h2-5,12-13H,6-9H2,1H3. The fourth-order valence-corrected chi connectivity index (χ4v) is 2.59. The Bertz CT molecular complexity index is 333. The van der Waals surface area contributed by atoms with Gasteiger partial charge in [-0.05, 0) is 24.1 Å². The van der Waals surface area contributed by atoms with Crippen molar-refractivity contribution in [2.75, 3.05) is 24.8 Å². The van der Waals surface area contributed by atoms with Crippen LogP contribution >= 0.6 is 22.6 Å². The van der Waals surface area contributed by atoms with Gasteiger partial charge in [0.1, 0.15) is 5.75 Å². The van der Waals surface area contributed by atoms with E-state index in [1.165, 1.54) is 5.56 Å². The second-order valence-electron chi connectivity index (χ2n) is 4.04. The molecular formula is C13H17IO3. The van der Waals surface area contributed by atoms with Crippen molar-refractivity contribution in [3.8, 4) is 5.75 Å². The molecule has 1 aliphatic heterocycles. The minimum absolute atomic E-state index is 0.146. The minimum Gasteiger partial charge on any atom is -0.497 e. The molecule has 0 amide bonds. The average Bonchev–Trinajstić information content (AvgIpc) is 2.89. The van der Waals surface area contributed by atoms with E-state index in [9.17, 15) is 0 Å². The molecular weight excluding hydrogens is 331 g/mol. The van der Waals surface area contributed by atoms with Gasteiger partial charge in [0.15, 0.2) is 0 Å². The lowest BCUT2D eigenvalue weighted by Gasteiger charge is -2.20. The van der Waals surface area contributed by atoms with Crippen molar-refractivity contribution in [2.45, 2.75) is 18.6 Å². The van der Waals surface area contributed by atoms with Crippen LogP contribution in [0.1, 0.15) is 18.1 Å². The third-order valence-electron chi connectivity index (χ3n) is 2.87. The molecule has 4 heteroatoms. The zero-order chi connectivity index (χ0) is 12.1. The monoisotopic (exact) mass is 348 g/mol. The van der Waals surface area contributed by atoms with Crippen molar-refractivity contribution in [3.05, 3.63) is 29.8 Å². The fraction of sp³-hybridized carbons (Fsp3) is 0.538. The fourth-order valence-electron chi connectivity index (χ4n) is 1.88. The Kier molecular flexibility index (Phi) is 5.06. The highest BCUT2D eigenvalue weighted by Crippen LogP contribution is 2.26. The van der Waals surface area contributed by atoms with Gasteiger partial charge >= 0.3 is 0 Å². The number of halogens is 1. The summed E-state index contributed by atoms with van der Waals surface area (Å²) in [6.07, 6.45) is 1.40. The van der Waals surface area contributed by atoms with Crippen LogP contribution in [0.5, 0.6) is 5.75 Å². The van der Waals surface area contributed by atoms with E-state index in [0.717, 1.165) is 29.8 Å². The summed E-state index contributed by atoms with van der Waals surface area (Å²) in [6.45, 7) is 1.55. The van der Waals surface area contributed by atoms with E-state index in [2.05, 4.69) is 34.7 Å². The molecule has 17 heavy (non-hydrogen) atoms. The van der Waals surface area contributed by atoms with Crippen LogP contribution in [-0.2, 0) is 9.47 Å². The van der Waals surface area contributed by atoms with Crippen molar-refractivity contribution in [3.63, 3.8) is 0 Å². The van der Waals surface area contributed by atoms with Gasteiger partial charge in [-0.2, -0.15) is 0 Å². The predicted molar refractivity (Wildman–Crippen MR) is 74.9 cm³/mol. The molecule has 0 radical (unpaired) electrons. The third kappa shape index (κ3) is 3.56. The van der Waals surface area contributed by atoms with Crippen molar-refractivity contribution >= 4 is 22.6 Å². The summed E-state index contributed by atoms with van der Waals surface area (Å²) < 4.78 is 17.5. The molecule has 0 spiro atoms. The first-order chi connectivity index (χ1) is 8.33. The van der Waals surface area contributed by atoms with Crippen LogP contribution in [0.25, 0.3) is 0 Å². The molecule has 1 aliphatic rings. The number of benzene rings is 1. The van der Waals surface area contributed by atoms with Crippen LogP contribution in [0.3, 0.4) is 0 Å². The number of alkyl halides is 1. The third-order valence-corrected chi connectivity index (χ3v) is 3.67. The summed E-state index contributed by atoms with van der Waals surface area (Å²) in [7, 11) is 1.68. The van der Waals surface area contributed by atoms with Crippen LogP contribution in [0.15, 0.2) is 24.3 Å². The molecule has 2 atom stereocenters. The van der Waals surface area contributed by atoms with Crippen LogP contribution in [0.2, 0.25) is 0 Å². The molecule has 3 nitrogen and oxygen atoms in total. The topological polar surface area (TPSA) is 27.7 Å². The first-order valence-electron chi connectivity index (χ1n) is 5.76. The highest BCUT2D eigenvalue weighted by Gasteiger charge is 2.21. The zero-order valence-electron chi connectivity index (χ0n) is 9.90. The summed E-state index contributed by atoms with van der Waals surface area (Å²) >= 11 is 2.36. The second-order valence-corrected chi connectivity index (χ2v) is 4.92. The molecule has 1 aromatic rings. The predicted octanol–water partition coefficient (Wildman–Crippen LogP) is 2.98. The minimum atomic E-state index is 0.146. The first-order valence-corrected chi connectivity index (χ1v) is 7.29. The Morgan fingerprint density at radius 1 is 1.41 bits per heavy atom. The van der Waals surface area contributed by atoms with E-state index in [4.69, 9.17) is 14.2 Å². The molecule has 0 N–H and O–H groups in total. The van der Waals surface area contributed by atoms with E-state index in [-0.39, 0.29) is 12.2 Å². The summed E-state index contributed by atoms with van der Waals surface area (Å²) in [4.78, 5) is 0. The summed E-state index contributed by atoms with van der Waals surface area (Å²) in [5.41, 5.74) is 1.20. The van der Waals surface area contributed by atoms with Crippen LogP contribution < -0.4 is 4.74 Å². The summed E-state index contributed by atoms with van der Waals surface area (Å²) in [5.74, 6) is 0.880. The van der Waals surface area contributed by atoms with Gasteiger partial charge in [-0.1, -0.05) is 34.7 Å². The van der Waals surface area contributed by atoms with Crippen LogP contribution in [-0.4, -0.2) is 30.9 Å². The summed E-state index contributed by atoms with van der Waals surface area (Å²) in [5, 5.41) is 0. The molecule has 0 saturated carbocycles. The smallest absolute Gasteiger partial charge is 0.118 e.